The first-order chi connectivity index (χ1) is 26.2. The fourth-order valence-corrected chi connectivity index (χ4v) is 5.65. The van der Waals surface area contributed by atoms with E-state index in [2.05, 4.69) is 31.4 Å². The summed E-state index contributed by atoms with van der Waals surface area (Å²) < 4.78 is 9.22. The van der Waals surface area contributed by atoms with Gasteiger partial charge in [-0.3, -0.25) is 43.8 Å². The largest absolute Gasteiger partial charge is 0.481 e. The number of likely N-dealkylation sites (tertiary alicyclic amines) is 1. The Hall–Kier alpha value is -5.41. The minimum atomic E-state index is -2.24. The van der Waals surface area contributed by atoms with Crippen molar-refractivity contribution in [3.05, 3.63) is 0 Å². The molecule has 0 aromatic rings. The van der Waals surface area contributed by atoms with E-state index in [1.54, 1.807) is 20.8 Å². The van der Waals surface area contributed by atoms with Gasteiger partial charge >= 0.3 is 30.1 Å². The molecule has 23 heteroatoms. The van der Waals surface area contributed by atoms with E-state index < -0.39 is 133 Å². The number of ether oxygens (including phenoxy) is 2. The van der Waals surface area contributed by atoms with Gasteiger partial charge in [0.15, 0.2) is 12.0 Å². The first-order valence-electron chi connectivity index (χ1n) is 17.7. The molecule has 0 aromatic heterocycles. The number of hydrogen-bond acceptors (Lipinski definition) is 12. The molecular formula is C33H52ClN7O15. The van der Waals surface area contributed by atoms with E-state index in [4.69, 9.17) is 21.4 Å². The van der Waals surface area contributed by atoms with E-state index in [-0.39, 0.29) is 19.5 Å². The molecule has 1 rings (SSSR count). The smallest absolute Gasteiger partial charge is 0.429 e. The summed E-state index contributed by atoms with van der Waals surface area (Å²) >= 11 is 5.49. The Kier molecular flexibility index (Phi) is 20.4. The topological polar surface area (TPSA) is 316 Å². The molecule has 1 heterocycles. The highest BCUT2D eigenvalue weighted by Crippen LogP contribution is 2.21. The van der Waals surface area contributed by atoms with Crippen LogP contribution in [0.5, 0.6) is 0 Å². The molecule has 0 bridgehead atoms. The number of carbonyl (C=O) groups is 10. The first-order valence-corrected chi connectivity index (χ1v) is 18.3. The van der Waals surface area contributed by atoms with Gasteiger partial charge in [-0.25, -0.2) is 14.6 Å². The number of carbonyl (C=O) groups excluding carboxylic acids is 7. The van der Waals surface area contributed by atoms with Crippen molar-refractivity contribution in [1.29, 1.82) is 0 Å². The normalized spacial score (nSPS) is 15.8. The van der Waals surface area contributed by atoms with Gasteiger partial charge < -0.3 is 51.0 Å². The van der Waals surface area contributed by atoms with Gasteiger partial charge in [-0.1, -0.05) is 46.2 Å². The van der Waals surface area contributed by atoms with E-state index in [1.165, 1.54) is 18.7 Å². The molecule has 1 fully saturated rings. The number of halogens is 1. The minimum absolute atomic E-state index is 0.0859. The van der Waals surface area contributed by atoms with Gasteiger partial charge in [0.1, 0.15) is 30.2 Å². The van der Waals surface area contributed by atoms with Crippen molar-refractivity contribution in [3.63, 3.8) is 0 Å². The molecule has 0 radical (unpaired) electrons. The van der Waals surface area contributed by atoms with Crippen LogP contribution in [0.1, 0.15) is 73.1 Å². The van der Waals surface area contributed by atoms with Gasteiger partial charge in [0, 0.05) is 25.9 Å². The Morgan fingerprint density at radius 1 is 0.821 bits per heavy atom. The van der Waals surface area contributed by atoms with Crippen LogP contribution in [0.15, 0.2) is 0 Å². The summed E-state index contributed by atoms with van der Waals surface area (Å²) in [5, 5.41) is 38.3. The third-order valence-corrected chi connectivity index (χ3v) is 8.66. The Bertz CT molecular complexity index is 1450. The molecule has 1 aliphatic rings. The molecule has 0 aromatic carbocycles. The van der Waals surface area contributed by atoms with Crippen molar-refractivity contribution >= 4 is 71.2 Å². The van der Waals surface area contributed by atoms with Crippen LogP contribution in [-0.4, -0.2) is 141 Å². The summed E-state index contributed by atoms with van der Waals surface area (Å²) in [6.07, 6.45) is -3.14. The van der Waals surface area contributed by atoms with Crippen molar-refractivity contribution in [2.24, 2.45) is 17.8 Å². The number of alkyl carbamates (subject to hydrolysis) is 1. The molecule has 8 N–H and O–H groups in total. The monoisotopic (exact) mass is 821 g/mol. The second-order valence-electron chi connectivity index (χ2n) is 13.4. The third kappa shape index (κ3) is 15.0. The van der Waals surface area contributed by atoms with Crippen LogP contribution in [-0.2, 0) is 47.8 Å². The molecule has 0 unspecified atom stereocenters. The highest BCUT2D eigenvalue weighted by atomic mass is 35.5. The maximum atomic E-state index is 13.9. The number of hydrogen-bond donors (Lipinski definition) is 8. The van der Waals surface area contributed by atoms with Crippen molar-refractivity contribution in [1.82, 2.24) is 36.6 Å². The molecule has 1 saturated heterocycles. The summed E-state index contributed by atoms with van der Waals surface area (Å²) in [4.78, 5) is 128. The molecule has 22 nitrogen and oxygen atoms in total. The van der Waals surface area contributed by atoms with Crippen LogP contribution in [0.2, 0.25) is 0 Å². The number of carboxylic acid groups (broad SMARTS) is 3. The number of carboxylic acids is 3. The van der Waals surface area contributed by atoms with Gasteiger partial charge in [0.05, 0.1) is 7.11 Å². The molecule has 56 heavy (non-hydrogen) atoms. The standard InChI is InChI=1S/C33H52ClN7O15/c1-7-12-41(33(54)56-15-34)39-27(46)21-9-8-13-40(21)29(48)24(17(4)5)38-28(47)23(16(2)3)37-26(45)20(14-18(30(49)50)31(51)52)35-25(44)19(10-11-22(42)43)36-32(53)55-6/h16-21,23-24H,7-15H2,1-6H3,(H,35,44)(H,36,53)(H,37,45)(H,38,47)(H,39,46)(H,42,43)(H,49,50)(H,51,52)/t19-,20+,21-,23-,24-/m0/s1. The van der Waals surface area contributed by atoms with Gasteiger partial charge in [0.25, 0.3) is 5.91 Å². The zero-order valence-electron chi connectivity index (χ0n) is 32.0. The van der Waals surface area contributed by atoms with Gasteiger partial charge in [-0.15, -0.1) is 0 Å². The average molecular weight is 822 g/mol. The van der Waals surface area contributed by atoms with Crippen LogP contribution >= 0.6 is 11.6 Å². The van der Waals surface area contributed by atoms with Gasteiger partial charge in [-0.05, 0) is 37.5 Å². The molecule has 5 atom stereocenters. The van der Waals surface area contributed by atoms with Crippen LogP contribution in [0.3, 0.4) is 0 Å². The van der Waals surface area contributed by atoms with Crippen molar-refractivity contribution < 1.29 is 72.7 Å². The second kappa shape index (κ2) is 23.5. The summed E-state index contributed by atoms with van der Waals surface area (Å²) in [5.41, 5.74) is 2.45. The lowest BCUT2D eigenvalue weighted by molar-refractivity contribution is -0.156. The van der Waals surface area contributed by atoms with E-state index >= 15 is 0 Å². The van der Waals surface area contributed by atoms with Crippen molar-refractivity contribution in [3.8, 4) is 0 Å². The number of amides is 7. The minimum Gasteiger partial charge on any atom is -0.481 e. The summed E-state index contributed by atoms with van der Waals surface area (Å²) in [5.74, 6) is -13.3. The van der Waals surface area contributed by atoms with E-state index in [1.807, 2.05) is 0 Å². The molecule has 0 aliphatic carbocycles. The first kappa shape index (κ1) is 48.6. The summed E-state index contributed by atoms with van der Waals surface area (Å²) in [6.45, 7) is 8.25. The fourth-order valence-electron chi connectivity index (χ4n) is 5.56. The predicted molar refractivity (Wildman–Crippen MR) is 192 cm³/mol. The van der Waals surface area contributed by atoms with Crippen LogP contribution in [0.25, 0.3) is 0 Å². The highest BCUT2D eigenvalue weighted by molar-refractivity contribution is 6.17. The molecule has 1 aliphatic heterocycles. The number of alkyl halides is 1. The highest BCUT2D eigenvalue weighted by Gasteiger charge is 2.41. The molecule has 0 spiro atoms. The average Bonchev–Trinajstić information content (AvgIpc) is 3.62. The number of methoxy groups -OCH3 is 1. The number of nitrogens with one attached hydrogen (secondary N) is 5. The number of aliphatic carboxylic acids is 3. The summed E-state index contributed by atoms with van der Waals surface area (Å²) in [6, 6.07) is -7.79. The maximum Gasteiger partial charge on any atom is 0.429 e. The molecule has 0 saturated carbocycles. The lowest BCUT2D eigenvalue weighted by Gasteiger charge is -2.33. The number of hydrazine groups is 1. The Morgan fingerprint density at radius 2 is 1.39 bits per heavy atom. The Balaban J connectivity index is 3.36. The Labute approximate surface area is 327 Å². The van der Waals surface area contributed by atoms with Crippen LogP contribution in [0.4, 0.5) is 9.59 Å². The van der Waals surface area contributed by atoms with Gasteiger partial charge in [-0.2, -0.15) is 0 Å². The van der Waals surface area contributed by atoms with E-state index in [9.17, 15) is 58.2 Å². The van der Waals surface area contributed by atoms with E-state index in [0.29, 0.717) is 12.8 Å². The zero-order valence-corrected chi connectivity index (χ0v) is 32.8. The second-order valence-corrected chi connectivity index (χ2v) is 13.7. The molecule has 316 valence electrons. The maximum absolute atomic E-state index is 13.9. The van der Waals surface area contributed by atoms with Crippen molar-refractivity contribution in [2.45, 2.75) is 103 Å². The Morgan fingerprint density at radius 3 is 1.89 bits per heavy atom. The third-order valence-electron chi connectivity index (χ3n) is 8.55. The van der Waals surface area contributed by atoms with Gasteiger partial charge in [0.2, 0.25) is 23.6 Å². The van der Waals surface area contributed by atoms with Crippen molar-refractivity contribution in [2.75, 3.05) is 26.3 Å². The quantitative estimate of drug-likeness (QED) is 0.0414. The molecule has 7 amide bonds. The number of rotatable bonds is 21. The lowest BCUT2D eigenvalue weighted by Crippen LogP contribution is -2.61. The van der Waals surface area contributed by atoms with Crippen LogP contribution in [0, 0.1) is 17.8 Å². The summed E-state index contributed by atoms with van der Waals surface area (Å²) in [7, 11) is 0.961. The predicted octanol–water partition coefficient (Wildman–Crippen LogP) is -0.415. The fraction of sp³-hybridized carbons (Fsp3) is 0.697. The van der Waals surface area contributed by atoms with E-state index in [0.717, 1.165) is 12.1 Å². The zero-order chi connectivity index (χ0) is 42.9. The lowest BCUT2D eigenvalue weighted by atomic mass is 9.96. The van der Waals surface area contributed by atoms with Crippen LogP contribution < -0.4 is 26.7 Å². The molecular weight excluding hydrogens is 770 g/mol. The SMILES string of the molecule is CCCN(NC(=O)[C@@H]1CCCN1C(=O)[C@@H](NC(=O)[C@@H](NC(=O)[C@@H](CC(C(=O)O)C(=O)O)NC(=O)[C@H](CCC(=O)O)NC(=O)OC)C(C)C)C(C)C)C(=O)OCCl. The number of nitrogens with zero attached hydrogens (tertiary/aromatic N) is 2.